The fraction of sp³-hybridized carbons (Fsp3) is 0.440. The molecule has 0 spiro atoms. The van der Waals surface area contributed by atoms with Gasteiger partial charge in [0.05, 0.1) is 12.3 Å². The van der Waals surface area contributed by atoms with Gasteiger partial charge in [0, 0.05) is 12.9 Å². The highest BCUT2D eigenvalue weighted by Gasteiger charge is 2.48. The van der Waals surface area contributed by atoms with E-state index >= 15 is 0 Å². The first kappa shape index (κ1) is 25.0. The molecule has 0 aliphatic carbocycles. The quantitative estimate of drug-likeness (QED) is 0.362. The Hall–Kier alpha value is -2.26. The third-order valence-electron chi connectivity index (χ3n) is 6.04. The number of carbonyl (C=O) groups is 2. The molecule has 0 fully saturated rings. The second kappa shape index (κ2) is 11.4. The summed E-state index contributed by atoms with van der Waals surface area (Å²) in [6.45, 7) is 9.93. The standard InChI is InChI=1S/C25H33FNO3P/c1-6-22(25(29)27-24-18(4)14-21(26)15-19(24)5)31(7-2,8-3)17-23(28)30-16-20-12-10-9-11-13-20/h9-15,22H,6-8,16-17H2,1-5H3/p+1. The number of hydrogen-bond acceptors (Lipinski definition) is 3. The van der Waals surface area contributed by atoms with Gasteiger partial charge in [-0.25, -0.2) is 9.18 Å². The Kier molecular flexibility index (Phi) is 9.18. The first-order chi connectivity index (χ1) is 14.8. The van der Waals surface area contributed by atoms with Gasteiger partial charge in [0.2, 0.25) is 0 Å². The molecule has 1 unspecified atom stereocenters. The summed E-state index contributed by atoms with van der Waals surface area (Å²) in [5, 5.41) is 3.03. The number of hydrogen-bond donors (Lipinski definition) is 1. The number of ether oxygens (including phenoxy) is 1. The molecule has 2 aromatic rings. The predicted molar refractivity (Wildman–Crippen MR) is 128 cm³/mol. The smallest absolute Gasteiger partial charge is 0.344 e. The molecule has 6 heteroatoms. The average Bonchev–Trinajstić information content (AvgIpc) is 2.75. The minimum atomic E-state index is -1.94. The van der Waals surface area contributed by atoms with Crippen LogP contribution in [0, 0.1) is 19.7 Å². The van der Waals surface area contributed by atoms with E-state index in [1.54, 1.807) is 13.8 Å². The summed E-state index contributed by atoms with van der Waals surface area (Å²) in [6, 6.07) is 12.4. The van der Waals surface area contributed by atoms with Crippen molar-refractivity contribution in [3.05, 3.63) is 65.0 Å². The van der Waals surface area contributed by atoms with E-state index in [-0.39, 0.29) is 30.0 Å². The fourth-order valence-corrected chi connectivity index (χ4v) is 8.11. The molecule has 0 aliphatic heterocycles. The molecule has 1 atom stereocenters. The second-order valence-electron chi connectivity index (χ2n) is 7.98. The van der Waals surface area contributed by atoms with Crippen molar-refractivity contribution in [2.24, 2.45) is 0 Å². The summed E-state index contributed by atoms with van der Waals surface area (Å²) in [5.41, 5.74) is 2.73. The third-order valence-corrected chi connectivity index (χ3v) is 11.4. The zero-order valence-corrected chi connectivity index (χ0v) is 20.1. The summed E-state index contributed by atoms with van der Waals surface area (Å²) in [4.78, 5) is 26.1. The Morgan fingerprint density at radius 3 is 2.13 bits per heavy atom. The molecule has 0 bridgehead atoms. The summed E-state index contributed by atoms with van der Waals surface area (Å²) in [5.74, 6) is -0.653. The van der Waals surface area contributed by atoms with E-state index in [0.717, 1.165) is 17.9 Å². The molecular weight excluding hydrogens is 412 g/mol. The zero-order valence-electron chi connectivity index (χ0n) is 19.2. The minimum Gasteiger partial charge on any atom is -0.458 e. The summed E-state index contributed by atoms with van der Waals surface area (Å²) in [6.07, 6.45) is 2.52. The number of nitrogens with one attached hydrogen (secondary N) is 1. The van der Waals surface area contributed by atoms with E-state index in [4.69, 9.17) is 4.74 Å². The van der Waals surface area contributed by atoms with Crippen LogP contribution in [0.25, 0.3) is 0 Å². The molecule has 0 saturated heterocycles. The number of anilines is 1. The second-order valence-corrected chi connectivity index (χ2v) is 12.6. The molecule has 1 amide bonds. The molecule has 0 aromatic heterocycles. The molecule has 0 radical (unpaired) electrons. The number of carbonyl (C=O) groups excluding carboxylic acids is 2. The van der Waals surface area contributed by atoms with Crippen LogP contribution in [-0.2, 0) is 20.9 Å². The molecule has 2 aromatic carbocycles. The topological polar surface area (TPSA) is 55.4 Å². The van der Waals surface area contributed by atoms with Crippen molar-refractivity contribution >= 4 is 24.8 Å². The Balaban J connectivity index is 2.17. The van der Waals surface area contributed by atoms with E-state index in [9.17, 15) is 14.0 Å². The van der Waals surface area contributed by atoms with E-state index in [1.807, 2.05) is 37.3 Å². The predicted octanol–water partition coefficient (Wildman–Crippen LogP) is 5.96. The summed E-state index contributed by atoms with van der Waals surface area (Å²) >= 11 is 0. The maximum atomic E-state index is 13.6. The van der Waals surface area contributed by atoms with Gasteiger partial charge in [-0.1, -0.05) is 37.3 Å². The number of amides is 1. The fourth-order valence-electron chi connectivity index (χ4n) is 4.17. The average molecular weight is 447 g/mol. The van der Waals surface area contributed by atoms with Gasteiger partial charge >= 0.3 is 5.97 Å². The maximum absolute atomic E-state index is 13.6. The normalized spacial score (nSPS) is 12.3. The van der Waals surface area contributed by atoms with Crippen LogP contribution in [0.2, 0.25) is 0 Å². The molecule has 4 nitrogen and oxygen atoms in total. The Bertz CT molecular complexity index is 874. The van der Waals surface area contributed by atoms with Crippen LogP contribution in [-0.4, -0.2) is 36.0 Å². The molecule has 1 N–H and O–H groups in total. The van der Waals surface area contributed by atoms with Gasteiger partial charge in [-0.2, -0.15) is 0 Å². The lowest BCUT2D eigenvalue weighted by Gasteiger charge is -2.31. The van der Waals surface area contributed by atoms with Gasteiger partial charge in [0.1, 0.15) is 18.1 Å². The lowest BCUT2D eigenvalue weighted by molar-refractivity contribution is -0.141. The van der Waals surface area contributed by atoms with Crippen molar-refractivity contribution in [2.45, 2.75) is 53.3 Å². The number of esters is 1. The van der Waals surface area contributed by atoms with Gasteiger partial charge in [0.25, 0.3) is 5.91 Å². The van der Waals surface area contributed by atoms with Crippen molar-refractivity contribution in [1.29, 1.82) is 0 Å². The van der Waals surface area contributed by atoms with E-state index in [2.05, 4.69) is 19.2 Å². The van der Waals surface area contributed by atoms with E-state index < -0.39 is 7.26 Å². The van der Waals surface area contributed by atoms with Gasteiger partial charge in [-0.3, -0.25) is 4.79 Å². The highest BCUT2D eigenvalue weighted by Crippen LogP contribution is 2.63. The molecule has 2 rings (SSSR count). The van der Waals surface area contributed by atoms with Crippen molar-refractivity contribution < 1.29 is 18.7 Å². The third kappa shape index (κ3) is 6.36. The van der Waals surface area contributed by atoms with Gasteiger partial charge < -0.3 is 10.1 Å². The largest absolute Gasteiger partial charge is 0.458 e. The number of aryl methyl sites for hydroxylation is 2. The summed E-state index contributed by atoms with van der Waals surface area (Å²) < 4.78 is 19.2. The minimum absolute atomic E-state index is 0.0896. The summed E-state index contributed by atoms with van der Waals surface area (Å²) in [7, 11) is -1.94. The molecule has 0 saturated carbocycles. The molecule has 0 heterocycles. The first-order valence-corrected chi connectivity index (χ1v) is 13.3. The maximum Gasteiger partial charge on any atom is 0.344 e. The Morgan fingerprint density at radius 1 is 1.03 bits per heavy atom. The highest BCUT2D eigenvalue weighted by atomic mass is 31.2. The molecular formula is C25H34FNO3P+. The van der Waals surface area contributed by atoms with Crippen LogP contribution >= 0.6 is 7.26 Å². The van der Waals surface area contributed by atoms with E-state index in [1.165, 1.54) is 12.1 Å². The SMILES string of the molecule is CCC(C(=O)Nc1c(C)cc(F)cc1C)[P+](CC)(CC)CC(=O)OCc1ccccc1. The van der Waals surface area contributed by atoms with Crippen molar-refractivity contribution in [3.8, 4) is 0 Å². The van der Waals surface area contributed by atoms with Crippen LogP contribution in [0.5, 0.6) is 0 Å². The Morgan fingerprint density at radius 2 is 1.61 bits per heavy atom. The van der Waals surface area contributed by atoms with Crippen LogP contribution in [0.4, 0.5) is 10.1 Å². The van der Waals surface area contributed by atoms with E-state index in [0.29, 0.717) is 29.4 Å². The highest BCUT2D eigenvalue weighted by molar-refractivity contribution is 7.78. The molecule has 0 aliphatic rings. The van der Waals surface area contributed by atoms with Gasteiger partial charge in [-0.05, 0) is 62.9 Å². The molecule has 31 heavy (non-hydrogen) atoms. The first-order valence-electron chi connectivity index (χ1n) is 10.9. The van der Waals surface area contributed by atoms with Crippen molar-refractivity contribution in [3.63, 3.8) is 0 Å². The number of benzene rings is 2. The number of rotatable bonds is 10. The van der Waals surface area contributed by atoms with Crippen LogP contribution in [0.3, 0.4) is 0 Å². The molecule has 168 valence electrons. The zero-order chi connectivity index (χ0) is 23.0. The van der Waals surface area contributed by atoms with Gasteiger partial charge in [-0.15, -0.1) is 0 Å². The monoisotopic (exact) mass is 446 g/mol. The van der Waals surface area contributed by atoms with Crippen LogP contribution in [0.15, 0.2) is 42.5 Å². The number of halogens is 1. The van der Waals surface area contributed by atoms with Crippen molar-refractivity contribution in [1.82, 2.24) is 0 Å². The van der Waals surface area contributed by atoms with Crippen LogP contribution < -0.4 is 5.32 Å². The van der Waals surface area contributed by atoms with Crippen LogP contribution in [0.1, 0.15) is 43.9 Å². The lowest BCUT2D eigenvalue weighted by atomic mass is 10.1. The van der Waals surface area contributed by atoms with Gasteiger partial charge in [0.15, 0.2) is 6.16 Å². The van der Waals surface area contributed by atoms with Crippen molar-refractivity contribution in [2.75, 3.05) is 23.8 Å². The Labute approximate surface area is 185 Å². The lowest BCUT2D eigenvalue weighted by Crippen LogP contribution is -2.35.